The Morgan fingerprint density at radius 1 is 1.04 bits per heavy atom. The van der Waals surface area contributed by atoms with E-state index in [1.807, 2.05) is 42.5 Å². The van der Waals surface area contributed by atoms with Crippen molar-refractivity contribution in [1.82, 2.24) is 4.90 Å². The van der Waals surface area contributed by atoms with E-state index in [0.29, 0.717) is 18.0 Å². The average molecular weight is 378 g/mol. The van der Waals surface area contributed by atoms with Crippen molar-refractivity contribution in [3.05, 3.63) is 70.7 Å². The molecule has 4 nitrogen and oxygen atoms in total. The van der Waals surface area contributed by atoms with E-state index in [9.17, 15) is 13.2 Å². The summed E-state index contributed by atoms with van der Waals surface area (Å²) in [6, 6.07) is 16.6. The van der Waals surface area contributed by atoms with Gasteiger partial charge in [0.25, 0.3) is 0 Å². The van der Waals surface area contributed by atoms with Gasteiger partial charge in [0.15, 0.2) is 9.84 Å². The summed E-state index contributed by atoms with van der Waals surface area (Å²) < 4.78 is 23.7. The summed E-state index contributed by atoms with van der Waals surface area (Å²) in [7, 11) is -3.06. The van der Waals surface area contributed by atoms with Gasteiger partial charge in [-0.2, -0.15) is 0 Å². The van der Waals surface area contributed by atoms with Gasteiger partial charge in [0.2, 0.25) is 5.91 Å². The van der Waals surface area contributed by atoms with Crippen LogP contribution in [-0.4, -0.2) is 36.8 Å². The van der Waals surface area contributed by atoms with Crippen LogP contribution in [-0.2, 0) is 27.6 Å². The lowest BCUT2D eigenvalue weighted by atomic mass is 10.1. The van der Waals surface area contributed by atoms with Crippen LogP contribution in [0.25, 0.3) is 0 Å². The molecule has 25 heavy (non-hydrogen) atoms. The van der Waals surface area contributed by atoms with Crippen molar-refractivity contribution in [1.29, 1.82) is 0 Å². The molecule has 1 fully saturated rings. The van der Waals surface area contributed by atoms with Gasteiger partial charge in [0.1, 0.15) is 0 Å². The predicted molar refractivity (Wildman–Crippen MR) is 99.2 cm³/mol. The maximum Gasteiger partial charge on any atom is 0.227 e. The molecule has 1 saturated heterocycles. The van der Waals surface area contributed by atoms with Crippen LogP contribution in [0.3, 0.4) is 0 Å². The first-order chi connectivity index (χ1) is 11.9. The second kappa shape index (κ2) is 7.58. The second-order valence-corrected chi connectivity index (χ2v) is 9.03. The number of halogens is 1. The van der Waals surface area contributed by atoms with Gasteiger partial charge in [-0.25, -0.2) is 8.42 Å². The number of carbonyl (C=O) groups is 1. The van der Waals surface area contributed by atoms with Crippen molar-refractivity contribution < 1.29 is 13.2 Å². The van der Waals surface area contributed by atoms with Gasteiger partial charge >= 0.3 is 0 Å². The van der Waals surface area contributed by atoms with Crippen LogP contribution in [0.1, 0.15) is 17.5 Å². The monoisotopic (exact) mass is 377 g/mol. The molecule has 2 aromatic rings. The van der Waals surface area contributed by atoms with E-state index in [1.54, 1.807) is 17.0 Å². The van der Waals surface area contributed by atoms with Crippen LogP contribution in [0.15, 0.2) is 54.6 Å². The van der Waals surface area contributed by atoms with Crippen LogP contribution < -0.4 is 0 Å². The molecule has 1 atom stereocenters. The van der Waals surface area contributed by atoms with E-state index in [4.69, 9.17) is 11.6 Å². The van der Waals surface area contributed by atoms with E-state index in [2.05, 4.69) is 0 Å². The summed E-state index contributed by atoms with van der Waals surface area (Å²) >= 11 is 5.89. The van der Waals surface area contributed by atoms with Gasteiger partial charge in [-0.05, 0) is 29.7 Å². The summed E-state index contributed by atoms with van der Waals surface area (Å²) in [4.78, 5) is 14.6. The highest BCUT2D eigenvalue weighted by atomic mass is 35.5. The molecular weight excluding hydrogens is 358 g/mol. The Labute approximate surface area is 153 Å². The van der Waals surface area contributed by atoms with Crippen LogP contribution in [0, 0.1) is 0 Å². The van der Waals surface area contributed by atoms with Crippen LogP contribution in [0.2, 0.25) is 5.02 Å². The Morgan fingerprint density at radius 2 is 1.72 bits per heavy atom. The molecule has 0 saturated carbocycles. The highest BCUT2D eigenvalue weighted by molar-refractivity contribution is 7.91. The topological polar surface area (TPSA) is 54.5 Å². The van der Waals surface area contributed by atoms with Crippen molar-refractivity contribution >= 4 is 27.3 Å². The van der Waals surface area contributed by atoms with Crippen molar-refractivity contribution in [2.75, 3.05) is 11.5 Å². The Morgan fingerprint density at radius 3 is 2.32 bits per heavy atom. The van der Waals surface area contributed by atoms with Crippen LogP contribution >= 0.6 is 11.6 Å². The third-order valence-corrected chi connectivity index (χ3v) is 6.44. The predicted octanol–water partition coefficient (Wildman–Crippen LogP) is 3.10. The molecule has 1 aliphatic rings. The van der Waals surface area contributed by atoms with E-state index in [1.165, 1.54) is 0 Å². The van der Waals surface area contributed by atoms with Crippen molar-refractivity contribution in [3.8, 4) is 0 Å². The minimum absolute atomic E-state index is 0.0478. The average Bonchev–Trinajstić information content (AvgIpc) is 2.95. The third kappa shape index (κ3) is 4.83. The minimum Gasteiger partial charge on any atom is -0.334 e. The van der Waals surface area contributed by atoms with Gasteiger partial charge in [0.05, 0.1) is 17.9 Å². The van der Waals surface area contributed by atoms with E-state index in [-0.39, 0.29) is 29.9 Å². The lowest BCUT2D eigenvalue weighted by Crippen LogP contribution is -2.41. The Bertz CT molecular complexity index is 835. The molecule has 0 radical (unpaired) electrons. The second-order valence-electron chi connectivity index (χ2n) is 6.37. The highest BCUT2D eigenvalue weighted by Gasteiger charge is 2.34. The summed E-state index contributed by atoms with van der Waals surface area (Å²) in [5.74, 6) is 0.136. The molecule has 0 N–H and O–H groups in total. The minimum atomic E-state index is -3.06. The molecule has 0 bridgehead atoms. The zero-order valence-corrected chi connectivity index (χ0v) is 15.3. The van der Waals surface area contributed by atoms with Gasteiger partial charge in [-0.3, -0.25) is 4.79 Å². The Balaban J connectivity index is 1.79. The van der Waals surface area contributed by atoms with Crippen molar-refractivity contribution in [3.63, 3.8) is 0 Å². The fourth-order valence-electron chi connectivity index (χ4n) is 3.10. The molecule has 0 aliphatic carbocycles. The van der Waals surface area contributed by atoms with Crippen LogP contribution in [0.5, 0.6) is 0 Å². The zero-order valence-electron chi connectivity index (χ0n) is 13.8. The molecule has 1 aliphatic heterocycles. The van der Waals surface area contributed by atoms with Crippen molar-refractivity contribution in [2.24, 2.45) is 0 Å². The number of carbonyl (C=O) groups excluding carboxylic acids is 1. The standard InChI is InChI=1S/C19H20ClNO3S/c20-17-8-6-15(7-9-17)12-19(22)21(13-16-4-2-1-3-5-16)18-10-11-25(23,24)14-18/h1-9,18H,10-14H2. The molecule has 132 valence electrons. The summed E-state index contributed by atoms with van der Waals surface area (Å²) in [6.45, 7) is 0.424. The number of hydrogen-bond donors (Lipinski definition) is 0. The lowest BCUT2D eigenvalue weighted by molar-refractivity contribution is -0.133. The molecule has 0 spiro atoms. The molecule has 1 heterocycles. The van der Waals surface area contributed by atoms with Crippen molar-refractivity contribution in [2.45, 2.75) is 25.4 Å². The molecule has 1 unspecified atom stereocenters. The Kier molecular flexibility index (Phi) is 5.45. The number of rotatable bonds is 5. The fourth-order valence-corrected chi connectivity index (χ4v) is 4.96. The molecule has 1 amide bonds. The molecule has 2 aromatic carbocycles. The quantitative estimate of drug-likeness (QED) is 0.804. The SMILES string of the molecule is O=C(Cc1ccc(Cl)cc1)N(Cc1ccccc1)C1CCS(=O)(=O)C1. The van der Waals surface area contributed by atoms with E-state index < -0.39 is 9.84 Å². The number of amides is 1. The maximum absolute atomic E-state index is 12.9. The first-order valence-corrected chi connectivity index (χ1v) is 10.4. The maximum atomic E-state index is 12.9. The highest BCUT2D eigenvalue weighted by Crippen LogP contribution is 2.21. The van der Waals surface area contributed by atoms with Crippen LogP contribution in [0.4, 0.5) is 0 Å². The molecule has 6 heteroatoms. The molecule has 3 rings (SSSR count). The van der Waals surface area contributed by atoms with Gasteiger partial charge in [-0.15, -0.1) is 0 Å². The first-order valence-electron chi connectivity index (χ1n) is 8.21. The largest absolute Gasteiger partial charge is 0.334 e. The summed E-state index contributed by atoms with van der Waals surface area (Å²) in [5.41, 5.74) is 1.87. The Hall–Kier alpha value is -1.85. The lowest BCUT2D eigenvalue weighted by Gasteiger charge is -2.28. The summed E-state index contributed by atoms with van der Waals surface area (Å²) in [5, 5.41) is 0.624. The number of hydrogen-bond acceptors (Lipinski definition) is 3. The number of nitrogens with zero attached hydrogens (tertiary/aromatic N) is 1. The first kappa shape index (κ1) is 18.0. The van der Waals surface area contributed by atoms with Gasteiger partial charge in [0, 0.05) is 17.6 Å². The fraction of sp³-hybridized carbons (Fsp3) is 0.316. The smallest absolute Gasteiger partial charge is 0.227 e. The van der Waals surface area contributed by atoms with Gasteiger partial charge < -0.3 is 4.90 Å². The summed E-state index contributed by atoms with van der Waals surface area (Å²) in [6.07, 6.45) is 0.738. The van der Waals surface area contributed by atoms with Gasteiger partial charge in [-0.1, -0.05) is 54.1 Å². The number of benzene rings is 2. The third-order valence-electron chi connectivity index (χ3n) is 4.43. The zero-order chi connectivity index (χ0) is 17.9. The molecular formula is C19H20ClNO3S. The normalized spacial score (nSPS) is 18.8. The van der Waals surface area contributed by atoms with E-state index >= 15 is 0 Å². The molecule has 0 aromatic heterocycles. The van der Waals surface area contributed by atoms with E-state index in [0.717, 1.165) is 11.1 Å². The number of sulfone groups is 1.